The Hall–Kier alpha value is -1.41. The van der Waals surface area contributed by atoms with E-state index in [-0.39, 0.29) is 34.7 Å². The number of hydrogen-bond acceptors (Lipinski definition) is 5. The summed E-state index contributed by atoms with van der Waals surface area (Å²) >= 11 is 0. The van der Waals surface area contributed by atoms with E-state index in [9.17, 15) is 8.42 Å². The Morgan fingerprint density at radius 1 is 1.11 bits per heavy atom. The molecule has 0 aliphatic heterocycles. The largest absolute Gasteiger partial charge is 1.00 e. The van der Waals surface area contributed by atoms with E-state index in [4.69, 9.17) is 5.73 Å². The molecule has 0 saturated carbocycles. The number of aromatic nitrogens is 2. The standard InChI is InChI=1S/C10H10N4O2S.Ag/c11-8-2-4-9(5-3-8)17(15,16)14-10-12-6-1-7-13-10;/h1-7H,11H2,(H,12,13,14);/q;+1/p+1. The van der Waals surface area contributed by atoms with Crippen LogP contribution in [0.2, 0.25) is 0 Å². The number of hydrogen-bond donors (Lipinski definition) is 2. The van der Waals surface area contributed by atoms with E-state index in [0.717, 1.165) is 0 Å². The van der Waals surface area contributed by atoms with Crippen molar-refractivity contribution < 1.29 is 32.2 Å². The van der Waals surface area contributed by atoms with Gasteiger partial charge in [0.25, 0.3) is 10.0 Å². The first-order chi connectivity index (χ1) is 8.08. The average molecular weight is 359 g/mol. The van der Waals surface area contributed by atoms with Crippen LogP contribution in [0.3, 0.4) is 0 Å². The van der Waals surface area contributed by atoms with Crippen molar-refractivity contribution in [3.8, 4) is 0 Å². The minimum absolute atomic E-state index is 0. The summed E-state index contributed by atoms with van der Waals surface area (Å²) in [6.07, 6.45) is 2.90. The van der Waals surface area contributed by atoms with Crippen molar-refractivity contribution in [3.63, 3.8) is 0 Å². The normalized spacial score (nSPS) is 10.4. The zero-order valence-corrected chi connectivity index (χ0v) is 11.3. The molecule has 0 amide bonds. The molecule has 0 atom stereocenters. The molecule has 0 saturated heterocycles. The molecule has 8 heteroatoms. The third-order valence-corrected chi connectivity index (χ3v) is 3.33. The quantitative estimate of drug-likeness (QED) is 0.629. The van der Waals surface area contributed by atoms with Gasteiger partial charge in [-0.2, -0.15) is 0 Å². The topological polar surface area (TPSA) is 98.0 Å². The van der Waals surface area contributed by atoms with E-state index in [0.29, 0.717) is 5.69 Å². The van der Waals surface area contributed by atoms with Crippen molar-refractivity contribution >= 4 is 21.7 Å². The molecule has 2 rings (SSSR count). The van der Waals surface area contributed by atoms with Crippen LogP contribution in [0.15, 0.2) is 47.6 Å². The second-order valence-corrected chi connectivity index (χ2v) is 4.93. The molecular weight excluding hydrogens is 348 g/mol. The zero-order valence-electron chi connectivity index (χ0n) is 10.0. The molecule has 0 aliphatic rings. The molecule has 2 aromatic rings. The molecule has 0 bridgehead atoms. The first kappa shape index (κ1) is 14.7. The van der Waals surface area contributed by atoms with Gasteiger partial charge in [-0.15, -0.1) is 0 Å². The van der Waals surface area contributed by atoms with E-state index >= 15 is 0 Å². The van der Waals surface area contributed by atoms with Crippen LogP contribution >= 0.6 is 0 Å². The molecule has 0 spiro atoms. The van der Waals surface area contributed by atoms with Crippen LogP contribution < -0.4 is 10.5 Å². The number of nitrogens with zero attached hydrogens (tertiary/aromatic N) is 2. The van der Waals surface area contributed by atoms with Gasteiger partial charge in [-0.05, 0) is 30.3 Å². The van der Waals surface area contributed by atoms with Gasteiger partial charge in [-0.1, -0.05) is 0 Å². The van der Waals surface area contributed by atoms with E-state index < -0.39 is 10.0 Å². The summed E-state index contributed by atoms with van der Waals surface area (Å²) in [7, 11) is -3.66. The van der Waals surface area contributed by atoms with Gasteiger partial charge in [0.05, 0.1) is 4.90 Å². The molecule has 1 aromatic carbocycles. The zero-order chi connectivity index (χ0) is 12.3. The fraction of sp³-hybridized carbons (Fsp3) is 0. The Balaban J connectivity index is 0.00000162. The van der Waals surface area contributed by atoms with Crippen molar-refractivity contribution in [2.75, 3.05) is 10.5 Å². The average Bonchev–Trinajstić information content (AvgIpc) is 2.30. The third-order valence-electron chi connectivity index (χ3n) is 1.98. The summed E-state index contributed by atoms with van der Waals surface area (Å²) in [6.45, 7) is 0. The number of anilines is 2. The third kappa shape index (κ3) is 3.54. The van der Waals surface area contributed by atoms with Crippen molar-refractivity contribution in [3.05, 3.63) is 42.7 Å². The fourth-order valence-corrected chi connectivity index (χ4v) is 2.14. The first-order valence-electron chi connectivity index (χ1n) is 4.73. The molecule has 0 radical (unpaired) electrons. The van der Waals surface area contributed by atoms with Gasteiger partial charge in [0.1, 0.15) is 0 Å². The van der Waals surface area contributed by atoms with Crippen molar-refractivity contribution in [1.82, 2.24) is 9.97 Å². The molecule has 0 fully saturated rings. The molecule has 1 heterocycles. The van der Waals surface area contributed by atoms with Gasteiger partial charge < -0.3 is 5.73 Å². The number of nitrogens with one attached hydrogen (secondary N) is 1. The maximum atomic E-state index is 11.9. The second-order valence-electron chi connectivity index (χ2n) is 3.25. The maximum absolute atomic E-state index is 11.9. The summed E-state index contributed by atoms with van der Waals surface area (Å²) < 4.78 is 26.0. The van der Waals surface area contributed by atoms with Crippen LogP contribution in [0.25, 0.3) is 0 Å². The Labute approximate surface area is 122 Å². The Kier molecular flexibility index (Phi) is 4.85. The van der Waals surface area contributed by atoms with Crippen LogP contribution in [0, 0.1) is 0 Å². The smallest absolute Gasteiger partial charge is 0.399 e. The number of rotatable bonds is 3. The van der Waals surface area contributed by atoms with Gasteiger partial charge in [0.2, 0.25) is 5.95 Å². The molecule has 3 N–H and O–H groups in total. The molecule has 1 aromatic heterocycles. The van der Waals surface area contributed by atoms with Crippen LogP contribution in [-0.4, -0.2) is 18.4 Å². The number of sulfonamides is 1. The van der Waals surface area contributed by atoms with Gasteiger partial charge >= 0.3 is 23.8 Å². The van der Waals surface area contributed by atoms with E-state index in [1.807, 2.05) is 0 Å². The first-order valence-corrected chi connectivity index (χ1v) is 6.22. The molecule has 18 heavy (non-hydrogen) atoms. The Morgan fingerprint density at radius 3 is 2.22 bits per heavy atom. The molecule has 98 valence electrons. The monoisotopic (exact) mass is 358 g/mol. The van der Waals surface area contributed by atoms with Crippen molar-refractivity contribution in [1.29, 1.82) is 0 Å². The van der Waals surface area contributed by atoms with E-state index in [2.05, 4.69) is 14.7 Å². The van der Waals surface area contributed by atoms with Crippen LogP contribution in [0.5, 0.6) is 0 Å². The van der Waals surface area contributed by atoms with Crippen LogP contribution in [-0.2, 0) is 32.4 Å². The van der Waals surface area contributed by atoms with Crippen molar-refractivity contribution in [2.45, 2.75) is 4.90 Å². The maximum Gasteiger partial charge on any atom is 1.00 e. The predicted molar refractivity (Wildman–Crippen MR) is 64.8 cm³/mol. The van der Waals surface area contributed by atoms with Crippen LogP contribution in [0.1, 0.15) is 1.43 Å². The molecule has 0 aliphatic carbocycles. The second kappa shape index (κ2) is 5.96. The van der Waals surface area contributed by atoms with E-state index in [1.165, 1.54) is 36.7 Å². The van der Waals surface area contributed by atoms with Gasteiger partial charge in [-0.25, -0.2) is 23.1 Å². The minimum Gasteiger partial charge on any atom is -0.399 e. The van der Waals surface area contributed by atoms with Crippen molar-refractivity contribution in [2.24, 2.45) is 0 Å². The Bertz CT molecular complexity index is 607. The van der Waals surface area contributed by atoms with Crippen LogP contribution in [0.4, 0.5) is 11.6 Å². The van der Waals surface area contributed by atoms with Gasteiger partial charge in [0.15, 0.2) is 0 Å². The summed E-state index contributed by atoms with van der Waals surface area (Å²) in [5.41, 5.74) is 5.98. The molecule has 6 nitrogen and oxygen atoms in total. The number of nitrogens with two attached hydrogens (primary N) is 1. The molecule has 0 unspecified atom stereocenters. The fourth-order valence-electron chi connectivity index (χ4n) is 1.18. The summed E-state index contributed by atoms with van der Waals surface area (Å²) in [6, 6.07) is 7.46. The minimum atomic E-state index is -3.66. The van der Waals surface area contributed by atoms with E-state index in [1.54, 1.807) is 6.07 Å². The summed E-state index contributed by atoms with van der Waals surface area (Å²) in [4.78, 5) is 7.67. The SMILES string of the molecule is Nc1ccc(S(=O)(=O)Nc2ncccn2)cc1.[Ag+].[H+]. The predicted octanol–water partition coefficient (Wildman–Crippen LogP) is 0.970. The van der Waals surface area contributed by atoms with Gasteiger partial charge in [0, 0.05) is 18.1 Å². The summed E-state index contributed by atoms with van der Waals surface area (Å²) in [5.74, 6) is 0.0318. The van der Waals surface area contributed by atoms with Gasteiger partial charge in [-0.3, -0.25) is 0 Å². The summed E-state index contributed by atoms with van der Waals surface area (Å²) in [5, 5.41) is 0. The molecular formula is C10H11AgN4O2S+2. The number of nitrogen functional groups attached to an aromatic ring is 1. The Morgan fingerprint density at radius 2 is 1.67 bits per heavy atom. The number of benzene rings is 1.